The van der Waals surface area contributed by atoms with Crippen LogP contribution in [-0.2, 0) is 9.59 Å². The lowest BCUT2D eigenvalue weighted by Gasteiger charge is -2.21. The number of nitrogens with one attached hydrogen (secondary N) is 3. The maximum Gasteiger partial charge on any atom is 0.282 e. The number of hydrogen-bond donors (Lipinski definition) is 3. The zero-order valence-corrected chi connectivity index (χ0v) is 17.3. The molecule has 27 heavy (non-hydrogen) atoms. The molecule has 0 aliphatic carbocycles. The normalized spacial score (nSPS) is 13.0. The van der Waals surface area contributed by atoms with Crippen LogP contribution in [0.2, 0.25) is 10.0 Å². The third-order valence-corrected chi connectivity index (χ3v) is 4.81. The third-order valence-electron chi connectivity index (χ3n) is 4.37. The molecular formula is C20H24Cl2N3O2+. The van der Waals surface area contributed by atoms with E-state index in [4.69, 9.17) is 23.2 Å². The Bertz CT molecular complexity index is 835. The third kappa shape index (κ3) is 6.24. The van der Waals surface area contributed by atoms with Gasteiger partial charge in [0.15, 0.2) is 12.6 Å². The van der Waals surface area contributed by atoms with E-state index in [1.54, 1.807) is 32.2 Å². The minimum atomic E-state index is -0.438. The molecule has 0 spiro atoms. The number of benzene rings is 2. The molecule has 7 heteroatoms. The molecule has 1 unspecified atom stereocenters. The molecule has 0 aliphatic rings. The van der Waals surface area contributed by atoms with Crippen molar-refractivity contribution in [2.24, 2.45) is 0 Å². The van der Waals surface area contributed by atoms with E-state index in [0.717, 1.165) is 21.7 Å². The van der Waals surface area contributed by atoms with Gasteiger partial charge in [-0.3, -0.25) is 9.59 Å². The summed E-state index contributed by atoms with van der Waals surface area (Å²) in [5, 5.41) is 6.58. The van der Waals surface area contributed by atoms with E-state index in [1.165, 1.54) is 0 Å². The molecular weight excluding hydrogens is 385 g/mol. The zero-order valence-electron chi connectivity index (χ0n) is 15.8. The average molecular weight is 409 g/mol. The Morgan fingerprint density at radius 3 is 2.30 bits per heavy atom. The SMILES string of the molecule is Cc1ccc(C)c(NC(=O)C[NH+](C)[C@@H](C)C(=O)Nc2cc(Cl)cc(Cl)c2)c1. The standard InChI is InChI=1S/C20H23Cl2N3O2/c1-12-5-6-13(2)18(7-12)24-19(26)11-25(4)14(3)20(27)23-17-9-15(21)8-16(22)10-17/h5-10,14H,11H2,1-4H3,(H,23,27)(H,24,26)/p+1/t14-/m0/s1. The average Bonchev–Trinajstić information content (AvgIpc) is 2.56. The highest BCUT2D eigenvalue weighted by atomic mass is 35.5. The predicted octanol–water partition coefficient (Wildman–Crippen LogP) is 3.09. The maximum absolute atomic E-state index is 12.5. The van der Waals surface area contributed by atoms with E-state index < -0.39 is 6.04 Å². The lowest BCUT2D eigenvalue weighted by molar-refractivity contribution is -0.885. The monoisotopic (exact) mass is 408 g/mol. The van der Waals surface area contributed by atoms with Gasteiger partial charge in [0.1, 0.15) is 0 Å². The van der Waals surface area contributed by atoms with Gasteiger partial charge in [-0.2, -0.15) is 0 Å². The molecule has 0 saturated carbocycles. The topological polar surface area (TPSA) is 62.6 Å². The lowest BCUT2D eigenvalue weighted by atomic mass is 10.1. The number of amides is 2. The minimum Gasteiger partial charge on any atom is -0.321 e. The van der Waals surface area contributed by atoms with Crippen molar-refractivity contribution < 1.29 is 14.5 Å². The molecule has 144 valence electrons. The summed E-state index contributed by atoms with van der Waals surface area (Å²) in [6.07, 6.45) is 0. The fourth-order valence-electron chi connectivity index (χ4n) is 2.57. The first-order valence-electron chi connectivity index (χ1n) is 8.62. The quantitative estimate of drug-likeness (QED) is 0.687. The Kier molecular flexibility index (Phi) is 7.25. The van der Waals surface area contributed by atoms with Crippen LogP contribution >= 0.6 is 23.2 Å². The molecule has 0 aliphatic heterocycles. The second kappa shape index (κ2) is 9.22. The summed E-state index contributed by atoms with van der Waals surface area (Å²) in [5.41, 5.74) is 3.38. The largest absolute Gasteiger partial charge is 0.321 e. The van der Waals surface area contributed by atoms with E-state index >= 15 is 0 Å². The van der Waals surface area contributed by atoms with Crippen LogP contribution in [0.3, 0.4) is 0 Å². The van der Waals surface area contributed by atoms with Gasteiger partial charge in [0.05, 0.1) is 7.05 Å². The number of anilines is 2. The molecule has 2 aromatic rings. The number of carbonyl (C=O) groups is 2. The van der Waals surface area contributed by atoms with Gasteiger partial charge in [-0.15, -0.1) is 0 Å². The van der Waals surface area contributed by atoms with Crippen LogP contribution in [0.4, 0.5) is 11.4 Å². The molecule has 2 amide bonds. The smallest absolute Gasteiger partial charge is 0.282 e. The number of likely N-dealkylation sites (N-methyl/N-ethyl adjacent to an activating group) is 1. The van der Waals surface area contributed by atoms with E-state index in [0.29, 0.717) is 15.7 Å². The molecule has 0 fully saturated rings. The summed E-state index contributed by atoms with van der Waals surface area (Å²) in [4.78, 5) is 25.6. The van der Waals surface area contributed by atoms with Crippen molar-refractivity contribution >= 4 is 46.4 Å². The van der Waals surface area contributed by atoms with E-state index in [1.807, 2.05) is 32.0 Å². The summed E-state index contributed by atoms with van der Waals surface area (Å²) in [6.45, 7) is 5.85. The fourth-order valence-corrected chi connectivity index (χ4v) is 3.10. The van der Waals surface area contributed by atoms with Gasteiger partial charge in [0, 0.05) is 21.4 Å². The maximum atomic E-state index is 12.5. The molecule has 2 atom stereocenters. The Morgan fingerprint density at radius 1 is 1.04 bits per heavy atom. The summed E-state index contributed by atoms with van der Waals surface area (Å²) >= 11 is 11.9. The number of carbonyl (C=O) groups excluding carboxylic acids is 2. The van der Waals surface area contributed by atoms with Crippen LogP contribution in [0.25, 0.3) is 0 Å². The Balaban J connectivity index is 1.95. The van der Waals surface area contributed by atoms with E-state index in [2.05, 4.69) is 10.6 Å². The highest BCUT2D eigenvalue weighted by Gasteiger charge is 2.24. The number of halogens is 2. The molecule has 0 heterocycles. The molecule has 5 nitrogen and oxygen atoms in total. The zero-order chi connectivity index (χ0) is 20.1. The fraction of sp³-hybridized carbons (Fsp3) is 0.300. The van der Waals surface area contributed by atoms with Crippen molar-refractivity contribution in [2.75, 3.05) is 24.2 Å². The molecule has 2 rings (SSSR count). The number of hydrogen-bond acceptors (Lipinski definition) is 2. The lowest BCUT2D eigenvalue weighted by Crippen LogP contribution is -3.14. The van der Waals surface area contributed by atoms with Crippen molar-refractivity contribution in [1.82, 2.24) is 0 Å². The molecule has 0 aromatic heterocycles. The first-order valence-corrected chi connectivity index (χ1v) is 9.37. The van der Waals surface area contributed by atoms with Crippen LogP contribution in [0.5, 0.6) is 0 Å². The van der Waals surface area contributed by atoms with Crippen LogP contribution in [0.1, 0.15) is 18.1 Å². The highest BCUT2D eigenvalue weighted by molar-refractivity contribution is 6.35. The Morgan fingerprint density at radius 2 is 1.67 bits per heavy atom. The minimum absolute atomic E-state index is 0.147. The summed E-state index contributed by atoms with van der Waals surface area (Å²) < 4.78 is 0. The molecule has 2 aromatic carbocycles. The number of quaternary nitrogens is 1. The Labute approximate surface area is 169 Å². The highest BCUT2D eigenvalue weighted by Crippen LogP contribution is 2.22. The van der Waals surface area contributed by atoms with Crippen LogP contribution in [-0.4, -0.2) is 31.4 Å². The van der Waals surface area contributed by atoms with Gasteiger partial charge in [-0.25, -0.2) is 0 Å². The first-order chi connectivity index (χ1) is 12.7. The summed E-state index contributed by atoms with van der Waals surface area (Å²) in [6, 6.07) is 10.3. The van der Waals surface area contributed by atoms with E-state index in [-0.39, 0.29) is 18.4 Å². The van der Waals surface area contributed by atoms with Gasteiger partial charge in [0.2, 0.25) is 0 Å². The van der Waals surface area contributed by atoms with E-state index in [9.17, 15) is 9.59 Å². The van der Waals surface area contributed by atoms with Gasteiger partial charge >= 0.3 is 0 Å². The number of aryl methyl sites for hydroxylation is 2. The summed E-state index contributed by atoms with van der Waals surface area (Å²) in [7, 11) is 1.80. The second-order valence-electron chi connectivity index (χ2n) is 6.76. The Hall–Kier alpha value is -2.08. The van der Waals surface area contributed by atoms with Crippen molar-refractivity contribution in [2.45, 2.75) is 26.8 Å². The van der Waals surface area contributed by atoms with Crippen molar-refractivity contribution in [3.8, 4) is 0 Å². The molecule has 0 saturated heterocycles. The van der Waals surface area contributed by atoms with Crippen molar-refractivity contribution in [1.29, 1.82) is 0 Å². The van der Waals surface area contributed by atoms with Gasteiger partial charge < -0.3 is 15.5 Å². The van der Waals surface area contributed by atoms with Gasteiger partial charge in [0.25, 0.3) is 11.8 Å². The molecule has 3 N–H and O–H groups in total. The van der Waals surface area contributed by atoms with Crippen molar-refractivity contribution in [3.05, 3.63) is 57.6 Å². The number of rotatable bonds is 6. The summed E-state index contributed by atoms with van der Waals surface area (Å²) in [5.74, 6) is -0.364. The van der Waals surface area contributed by atoms with Crippen LogP contribution in [0.15, 0.2) is 36.4 Å². The van der Waals surface area contributed by atoms with Crippen LogP contribution < -0.4 is 15.5 Å². The second-order valence-corrected chi connectivity index (χ2v) is 7.63. The molecule has 0 radical (unpaired) electrons. The van der Waals surface area contributed by atoms with Crippen LogP contribution in [0, 0.1) is 13.8 Å². The van der Waals surface area contributed by atoms with Crippen molar-refractivity contribution in [3.63, 3.8) is 0 Å². The van der Waals surface area contributed by atoms with Gasteiger partial charge in [-0.1, -0.05) is 35.3 Å². The first kappa shape index (κ1) is 21.2. The van der Waals surface area contributed by atoms with Gasteiger partial charge in [-0.05, 0) is 56.2 Å². The molecule has 0 bridgehead atoms. The predicted molar refractivity (Wildman–Crippen MR) is 111 cm³/mol.